The number of rotatable bonds is 38. The number of nitrogens with zero attached hydrogens (tertiary/aromatic N) is 4. The van der Waals surface area contributed by atoms with Crippen LogP contribution >= 0.6 is 0 Å². The summed E-state index contributed by atoms with van der Waals surface area (Å²) in [5.74, 6) is -5.66. The van der Waals surface area contributed by atoms with E-state index in [1.807, 2.05) is 90.9 Å². The van der Waals surface area contributed by atoms with E-state index in [0.29, 0.717) is 56.4 Å². The van der Waals surface area contributed by atoms with Crippen molar-refractivity contribution >= 4 is 76.5 Å². The molecular weight excluding hydrogens is 1190 g/mol. The average molecular weight is 1300 g/mol. The number of hydrogen-bond acceptors (Lipinski definition) is 14. The van der Waals surface area contributed by atoms with Crippen molar-refractivity contribution in [1.82, 2.24) is 46.2 Å². The molecule has 0 aromatic heterocycles. The Labute approximate surface area is 550 Å². The molecule has 93 heavy (non-hydrogen) atoms. The zero-order chi connectivity index (χ0) is 69.4. The zero-order valence-electron chi connectivity index (χ0n) is 57.6. The van der Waals surface area contributed by atoms with E-state index in [2.05, 4.69) is 37.2 Å². The number of carbonyl (C=O) groups excluding carboxylic acids is 11. The van der Waals surface area contributed by atoms with E-state index < -0.39 is 90.1 Å². The number of carbonyl (C=O) groups is 11. The van der Waals surface area contributed by atoms with Gasteiger partial charge in [0.15, 0.2) is 0 Å². The molecule has 0 bridgehead atoms. The first-order valence-electron chi connectivity index (χ1n) is 33.1. The lowest BCUT2D eigenvalue weighted by Crippen LogP contribution is -2.59. The van der Waals surface area contributed by atoms with Crippen LogP contribution in [-0.4, -0.2) is 194 Å². The summed E-state index contributed by atoms with van der Waals surface area (Å²) in [6, 6.07) is 9.11. The molecule has 2 heterocycles. The Hall–Kier alpha value is -7.51. The van der Waals surface area contributed by atoms with Crippen LogP contribution in [0.25, 0.3) is 0 Å². The number of benzene rings is 2. The van der Waals surface area contributed by atoms with Crippen molar-refractivity contribution in [3.8, 4) is 0 Å². The molecule has 4 rings (SSSR count). The van der Waals surface area contributed by atoms with Crippen molar-refractivity contribution in [1.29, 1.82) is 0 Å². The minimum absolute atomic E-state index is 0.00782. The van der Waals surface area contributed by atoms with Gasteiger partial charge >= 0.3 is 6.03 Å². The lowest BCUT2D eigenvalue weighted by atomic mass is 9.89. The van der Waals surface area contributed by atoms with Gasteiger partial charge in [-0.3, -0.25) is 57.7 Å². The quantitative estimate of drug-likeness (QED) is 0.0325. The van der Waals surface area contributed by atoms with Gasteiger partial charge in [0.05, 0.1) is 42.7 Å². The Morgan fingerprint density at radius 3 is 1.82 bits per heavy atom. The molecule has 9 N–H and O–H groups in total. The molecule has 0 radical (unpaired) electrons. The molecule has 518 valence electrons. The van der Waals surface area contributed by atoms with Crippen LogP contribution in [0.15, 0.2) is 54.6 Å². The third-order valence-electron chi connectivity index (χ3n) is 17.9. The molecule has 0 spiro atoms. The van der Waals surface area contributed by atoms with Gasteiger partial charge in [0.2, 0.25) is 59.1 Å². The number of unbranched alkanes of at least 4 members (excludes halogenated alkanes) is 2. The van der Waals surface area contributed by atoms with Crippen molar-refractivity contribution in [2.45, 2.75) is 201 Å². The number of anilines is 2. The maximum absolute atomic E-state index is 14.6. The van der Waals surface area contributed by atoms with Gasteiger partial charge in [-0.25, -0.2) is 4.79 Å². The second-order valence-corrected chi connectivity index (χ2v) is 26.4. The maximum Gasteiger partial charge on any atom is 0.312 e. The van der Waals surface area contributed by atoms with E-state index in [0.717, 1.165) is 5.56 Å². The highest BCUT2D eigenvalue weighted by Crippen LogP contribution is 2.30. The normalized spacial score (nSPS) is 18.2. The van der Waals surface area contributed by atoms with Gasteiger partial charge in [-0.15, -0.1) is 0 Å². The predicted octanol–water partition coefficient (Wildman–Crippen LogP) is 4.97. The summed E-state index contributed by atoms with van der Waals surface area (Å²) in [6.45, 7) is 19.4. The van der Waals surface area contributed by atoms with Crippen LogP contribution in [0.4, 0.5) is 16.2 Å². The Bertz CT molecular complexity index is 2810. The molecule has 0 saturated carbocycles. The van der Waals surface area contributed by atoms with Crippen LogP contribution in [0.2, 0.25) is 0 Å². The molecule has 2 saturated heterocycles. The van der Waals surface area contributed by atoms with E-state index in [-0.39, 0.29) is 117 Å². The third-order valence-corrected chi connectivity index (χ3v) is 17.9. The Kier molecular flexibility index (Phi) is 31.8. The van der Waals surface area contributed by atoms with E-state index in [1.54, 1.807) is 68.8 Å². The van der Waals surface area contributed by atoms with E-state index in [9.17, 15) is 52.7 Å². The first-order valence-corrected chi connectivity index (χ1v) is 33.1. The minimum Gasteiger partial charge on any atom is -0.379 e. The van der Waals surface area contributed by atoms with Crippen LogP contribution in [0.1, 0.15) is 145 Å². The highest BCUT2D eigenvalue weighted by atomic mass is 16.5. The van der Waals surface area contributed by atoms with Gasteiger partial charge in [-0.2, -0.15) is 0 Å². The van der Waals surface area contributed by atoms with Gasteiger partial charge < -0.3 is 62.2 Å². The van der Waals surface area contributed by atoms with Gasteiger partial charge in [0, 0.05) is 77.5 Å². The zero-order valence-corrected chi connectivity index (χ0v) is 57.6. The number of urea groups is 1. The van der Waals surface area contributed by atoms with E-state index >= 15 is 0 Å². The highest BCUT2D eigenvalue weighted by molar-refractivity contribution is 6.03. The summed E-state index contributed by atoms with van der Waals surface area (Å²) in [5, 5.41) is 19.8. The standard InChI is InChI=1S/C68H108N12O13/c1-16-43(8)59(78(13)67(90)57(41(4)5)76-65(88)58(42(6)7)77(11)12)52(92-14)39-55(83)79-36-24-28-51(79)60(93-15)45(10)61(84)74-50(38-46-25-19-17-20-26-46)63(86)72-48-32-30-47(31-33-48)71-62(85)49(27-23-34-70-68(69)91)73-64(87)56(40(2)3)75-53(81)29-21-18-22-35-80-54(82)37-44(9)66(80)89/h17,19-20,25-26,30-33,40-45,49-52,56-60H,16,18,21-24,27-29,34-39H2,1-15H3,(H,71,85)(H,72,86)(H,73,87)(H,74,84)(H,75,81)(H,76,88)(H3,69,70,91)/t43-,44?,45+,49-,50-,51-,52+,56-,57-,58-,59-,60+/m0/s1. The number of likely N-dealkylation sites (tertiary alicyclic amines) is 2. The Morgan fingerprint density at radius 1 is 0.688 bits per heavy atom. The van der Waals surface area contributed by atoms with Crippen LogP contribution < -0.4 is 43.0 Å². The van der Waals surface area contributed by atoms with Crippen molar-refractivity contribution in [2.75, 3.05) is 65.6 Å². The minimum atomic E-state index is -1.12. The molecule has 12 amide bonds. The number of nitrogens with two attached hydrogens (primary N) is 1. The van der Waals surface area contributed by atoms with Crippen molar-refractivity contribution in [3.05, 3.63) is 60.2 Å². The molecule has 2 aromatic carbocycles. The predicted molar refractivity (Wildman–Crippen MR) is 355 cm³/mol. The second kappa shape index (κ2) is 38.0. The van der Waals surface area contributed by atoms with Gasteiger partial charge in [-0.05, 0) is 106 Å². The summed E-state index contributed by atoms with van der Waals surface area (Å²) in [7, 11) is 8.38. The molecule has 2 aromatic rings. The third kappa shape index (κ3) is 23.2. The number of hydrogen-bond donors (Lipinski definition) is 8. The molecule has 1 unspecified atom stereocenters. The topological polar surface area (TPSA) is 329 Å². The Balaban J connectivity index is 1.45. The molecule has 25 nitrogen and oxygen atoms in total. The fourth-order valence-corrected chi connectivity index (χ4v) is 12.5. The summed E-state index contributed by atoms with van der Waals surface area (Å²) in [4.78, 5) is 155. The Morgan fingerprint density at radius 2 is 1.29 bits per heavy atom. The molecule has 2 aliphatic rings. The second-order valence-electron chi connectivity index (χ2n) is 26.4. The maximum atomic E-state index is 14.6. The first kappa shape index (κ1) is 77.9. The average Bonchev–Trinajstić information content (AvgIpc) is 1.72. The number of ether oxygens (including phenoxy) is 2. The van der Waals surface area contributed by atoms with Crippen LogP contribution in [-0.2, 0) is 63.8 Å². The largest absolute Gasteiger partial charge is 0.379 e. The van der Waals surface area contributed by atoms with Gasteiger partial charge in [0.25, 0.3) is 0 Å². The van der Waals surface area contributed by atoms with E-state index in [1.165, 1.54) is 19.1 Å². The van der Waals surface area contributed by atoms with Crippen LogP contribution in [0, 0.1) is 35.5 Å². The molecule has 25 heteroatoms. The van der Waals surface area contributed by atoms with Crippen LogP contribution in [0.3, 0.4) is 0 Å². The molecule has 2 aliphatic heterocycles. The van der Waals surface area contributed by atoms with Gasteiger partial charge in [-0.1, -0.05) is 112 Å². The lowest BCUT2D eigenvalue weighted by molar-refractivity contribution is -0.148. The molecule has 12 atom stereocenters. The summed E-state index contributed by atoms with van der Waals surface area (Å²) in [6.07, 6.45) is 2.59. The number of nitrogens with one attached hydrogen (secondary N) is 7. The molecule has 2 fully saturated rings. The SMILES string of the molecule is CC[C@H](C)[C@@H]([C@@H](CC(=O)N1CCC[C@H]1[C@H](OC)[C@@H](C)C(=O)N[C@@H](Cc1ccccc1)C(=O)Nc1ccc(NC(=O)[C@H](CCCNC(N)=O)NC(=O)[C@@H](NC(=O)CCCCCN2C(=O)CC(C)C2=O)C(C)C)cc1)OC)N(C)C(=O)[C@@H](NC(=O)[C@H](C(C)C)N(C)C)C(C)C. The fourth-order valence-electron chi connectivity index (χ4n) is 12.5. The summed E-state index contributed by atoms with van der Waals surface area (Å²) in [5.41, 5.74) is 6.69. The summed E-state index contributed by atoms with van der Waals surface area (Å²) < 4.78 is 12.2. The molecule has 0 aliphatic carbocycles. The highest BCUT2D eigenvalue weighted by Gasteiger charge is 2.44. The molecular formula is C68H108N12O13. The van der Waals surface area contributed by atoms with Crippen molar-refractivity contribution in [2.24, 2.45) is 41.2 Å². The lowest BCUT2D eigenvalue weighted by Gasteiger charge is -2.41. The number of methoxy groups -OCH3 is 2. The van der Waals surface area contributed by atoms with Crippen LogP contribution in [0.5, 0.6) is 0 Å². The monoisotopic (exact) mass is 1300 g/mol. The smallest absolute Gasteiger partial charge is 0.312 e. The van der Waals surface area contributed by atoms with Gasteiger partial charge in [0.1, 0.15) is 24.2 Å². The fraction of sp³-hybridized carbons (Fsp3) is 0.662. The van der Waals surface area contributed by atoms with Crippen molar-refractivity contribution in [3.63, 3.8) is 0 Å². The first-order chi connectivity index (χ1) is 43.9. The number of imide groups is 1. The number of amides is 12. The number of primary amides is 1. The van der Waals surface area contributed by atoms with Crippen molar-refractivity contribution < 1.29 is 62.2 Å². The van der Waals surface area contributed by atoms with E-state index in [4.69, 9.17) is 15.2 Å². The summed E-state index contributed by atoms with van der Waals surface area (Å²) >= 11 is 0. The number of likely N-dealkylation sites (N-methyl/N-ethyl adjacent to an activating group) is 2.